The van der Waals surface area contributed by atoms with Crippen LogP contribution < -0.4 is 10.1 Å². The topological polar surface area (TPSA) is 58.6 Å². The van der Waals surface area contributed by atoms with Gasteiger partial charge in [-0.25, -0.2) is 0 Å². The summed E-state index contributed by atoms with van der Waals surface area (Å²) in [7, 11) is 0. The number of hydrogen-bond acceptors (Lipinski definition) is 3. The number of hydrogen-bond donors (Lipinski definition) is 1. The van der Waals surface area contributed by atoms with E-state index in [0.717, 1.165) is 0 Å². The summed E-state index contributed by atoms with van der Waals surface area (Å²) in [6.07, 6.45) is 0.0456. The van der Waals surface area contributed by atoms with Crippen molar-refractivity contribution < 1.29 is 14.3 Å². The fourth-order valence-electron chi connectivity index (χ4n) is 2.58. The minimum Gasteiger partial charge on any atom is -0.491 e. The van der Waals surface area contributed by atoms with Gasteiger partial charge in [-0.3, -0.25) is 9.59 Å². The molecular formula is C21H26N2O3. The van der Waals surface area contributed by atoms with Crippen LogP contribution in [0.3, 0.4) is 0 Å². The minimum absolute atomic E-state index is 0.00795. The number of anilines is 1. The lowest BCUT2D eigenvalue weighted by atomic mass is 10.1. The van der Waals surface area contributed by atoms with E-state index < -0.39 is 0 Å². The van der Waals surface area contributed by atoms with Crippen molar-refractivity contribution in [2.24, 2.45) is 0 Å². The van der Waals surface area contributed by atoms with Crippen molar-refractivity contribution in [1.82, 2.24) is 4.90 Å². The maximum atomic E-state index is 12.4. The van der Waals surface area contributed by atoms with Crippen molar-refractivity contribution in [2.45, 2.75) is 33.8 Å². The number of carbonyl (C=O) groups excluding carboxylic acids is 2. The largest absolute Gasteiger partial charge is 0.491 e. The second-order valence-corrected chi connectivity index (χ2v) is 6.20. The molecule has 0 saturated carbocycles. The molecule has 0 heterocycles. The Morgan fingerprint density at radius 3 is 2.23 bits per heavy atom. The van der Waals surface area contributed by atoms with E-state index in [1.807, 2.05) is 33.8 Å². The average Bonchev–Trinajstić information content (AvgIpc) is 2.63. The average molecular weight is 354 g/mol. The molecule has 2 aromatic rings. The van der Waals surface area contributed by atoms with E-state index in [1.54, 1.807) is 47.4 Å². The second-order valence-electron chi connectivity index (χ2n) is 6.20. The Morgan fingerprint density at radius 1 is 1.00 bits per heavy atom. The van der Waals surface area contributed by atoms with Crippen molar-refractivity contribution >= 4 is 17.5 Å². The molecule has 138 valence electrons. The van der Waals surface area contributed by atoms with Crippen LogP contribution in [0.1, 0.15) is 48.4 Å². The van der Waals surface area contributed by atoms with Crippen LogP contribution >= 0.6 is 0 Å². The zero-order valence-corrected chi connectivity index (χ0v) is 15.8. The van der Waals surface area contributed by atoms with E-state index in [2.05, 4.69) is 5.32 Å². The molecule has 5 nitrogen and oxygen atoms in total. The van der Waals surface area contributed by atoms with Crippen molar-refractivity contribution in [2.75, 3.05) is 18.4 Å². The number of ether oxygens (including phenoxy) is 1. The van der Waals surface area contributed by atoms with Gasteiger partial charge >= 0.3 is 0 Å². The van der Waals surface area contributed by atoms with Gasteiger partial charge in [0, 0.05) is 29.9 Å². The number of carbonyl (C=O) groups is 2. The molecule has 5 heteroatoms. The van der Waals surface area contributed by atoms with Gasteiger partial charge in [-0.05, 0) is 70.2 Å². The number of rotatable bonds is 7. The van der Waals surface area contributed by atoms with Crippen molar-refractivity contribution in [3.63, 3.8) is 0 Å². The Hall–Kier alpha value is -2.82. The maximum Gasteiger partial charge on any atom is 0.255 e. The third kappa shape index (κ3) is 5.09. The molecule has 0 aliphatic rings. The monoisotopic (exact) mass is 354 g/mol. The van der Waals surface area contributed by atoms with E-state index in [9.17, 15) is 9.59 Å². The number of nitrogens with one attached hydrogen (secondary N) is 1. The normalized spacial score (nSPS) is 10.5. The summed E-state index contributed by atoms with van der Waals surface area (Å²) < 4.78 is 5.62. The number of nitrogens with zero attached hydrogens (tertiary/aromatic N) is 1. The van der Waals surface area contributed by atoms with Crippen LogP contribution in [0.15, 0.2) is 48.5 Å². The summed E-state index contributed by atoms with van der Waals surface area (Å²) in [5.74, 6) is 0.432. The molecule has 2 rings (SSSR count). The van der Waals surface area contributed by atoms with Gasteiger partial charge in [0.15, 0.2) is 0 Å². The standard InChI is InChI=1S/C21H26N2O3/c1-5-23(6-2)21(25)16-10-12-18(13-11-16)22-20(24)17-8-7-9-19(14-17)26-15(3)4/h7-15H,5-6H2,1-4H3,(H,22,24). The summed E-state index contributed by atoms with van der Waals surface area (Å²) in [5.41, 5.74) is 1.77. The number of amides is 2. The summed E-state index contributed by atoms with van der Waals surface area (Å²) in [6.45, 7) is 9.12. The Morgan fingerprint density at radius 2 is 1.65 bits per heavy atom. The van der Waals surface area contributed by atoms with Gasteiger partial charge in [0.2, 0.25) is 0 Å². The van der Waals surface area contributed by atoms with Crippen molar-refractivity contribution in [3.8, 4) is 5.75 Å². The fourth-order valence-corrected chi connectivity index (χ4v) is 2.58. The van der Waals surface area contributed by atoms with Crippen molar-refractivity contribution in [1.29, 1.82) is 0 Å². The lowest BCUT2D eigenvalue weighted by molar-refractivity contribution is 0.0773. The first-order valence-corrected chi connectivity index (χ1v) is 8.92. The van der Waals surface area contributed by atoms with Gasteiger partial charge in [0.1, 0.15) is 5.75 Å². The number of benzene rings is 2. The van der Waals surface area contributed by atoms with Gasteiger partial charge in [0.25, 0.3) is 11.8 Å². The van der Waals surface area contributed by atoms with Crippen LogP contribution in [0.5, 0.6) is 5.75 Å². The molecule has 0 spiro atoms. The summed E-state index contributed by atoms with van der Waals surface area (Å²) in [4.78, 5) is 26.5. The van der Waals surface area contributed by atoms with Crippen LogP contribution in [0.4, 0.5) is 5.69 Å². The van der Waals surface area contributed by atoms with Gasteiger partial charge in [0.05, 0.1) is 6.10 Å². The third-order valence-corrected chi connectivity index (χ3v) is 3.91. The highest BCUT2D eigenvalue weighted by atomic mass is 16.5. The van der Waals surface area contributed by atoms with Crippen molar-refractivity contribution in [3.05, 3.63) is 59.7 Å². The molecule has 0 saturated heterocycles. The summed E-state index contributed by atoms with van der Waals surface area (Å²) in [6, 6.07) is 14.0. The minimum atomic E-state index is -0.220. The van der Waals surface area contributed by atoms with E-state index in [0.29, 0.717) is 35.7 Å². The molecule has 0 unspecified atom stereocenters. The first kappa shape index (κ1) is 19.5. The maximum absolute atomic E-state index is 12.4. The zero-order chi connectivity index (χ0) is 19.1. The highest BCUT2D eigenvalue weighted by Crippen LogP contribution is 2.17. The van der Waals surface area contributed by atoms with Gasteiger partial charge in [-0.2, -0.15) is 0 Å². The Labute approximate surface area is 155 Å². The van der Waals surface area contributed by atoms with E-state index in [4.69, 9.17) is 4.74 Å². The van der Waals surface area contributed by atoms with E-state index in [1.165, 1.54) is 0 Å². The quantitative estimate of drug-likeness (QED) is 0.810. The molecule has 0 atom stereocenters. The molecule has 0 aliphatic carbocycles. The molecule has 0 radical (unpaired) electrons. The molecular weight excluding hydrogens is 328 g/mol. The van der Waals surface area contributed by atoms with Crippen LogP contribution in [-0.2, 0) is 0 Å². The van der Waals surface area contributed by atoms with E-state index >= 15 is 0 Å². The van der Waals surface area contributed by atoms with Crippen LogP contribution in [0.2, 0.25) is 0 Å². The predicted molar refractivity (Wildman–Crippen MR) is 104 cm³/mol. The third-order valence-electron chi connectivity index (χ3n) is 3.91. The van der Waals surface area contributed by atoms with Gasteiger partial charge in [-0.1, -0.05) is 6.07 Å². The smallest absolute Gasteiger partial charge is 0.255 e. The molecule has 0 bridgehead atoms. The summed E-state index contributed by atoms with van der Waals surface area (Å²) in [5, 5.41) is 2.84. The first-order chi connectivity index (χ1) is 12.4. The van der Waals surface area contributed by atoms with Crippen LogP contribution in [0.25, 0.3) is 0 Å². The molecule has 1 N–H and O–H groups in total. The SMILES string of the molecule is CCN(CC)C(=O)c1ccc(NC(=O)c2cccc(OC(C)C)c2)cc1. The molecule has 0 aromatic heterocycles. The van der Waals surface area contributed by atoms with Crippen LogP contribution in [0, 0.1) is 0 Å². The Kier molecular flexibility index (Phi) is 6.78. The highest BCUT2D eigenvalue weighted by Gasteiger charge is 2.13. The second kappa shape index (κ2) is 9.04. The molecule has 0 fully saturated rings. The Bertz CT molecular complexity index is 750. The predicted octanol–water partition coefficient (Wildman–Crippen LogP) is 4.21. The molecule has 0 aliphatic heterocycles. The lowest BCUT2D eigenvalue weighted by Crippen LogP contribution is -2.30. The Balaban J connectivity index is 2.07. The zero-order valence-electron chi connectivity index (χ0n) is 15.8. The fraction of sp³-hybridized carbons (Fsp3) is 0.333. The first-order valence-electron chi connectivity index (χ1n) is 8.92. The lowest BCUT2D eigenvalue weighted by Gasteiger charge is -2.18. The van der Waals surface area contributed by atoms with E-state index in [-0.39, 0.29) is 17.9 Å². The highest BCUT2D eigenvalue weighted by molar-refractivity contribution is 6.04. The molecule has 2 amide bonds. The van der Waals surface area contributed by atoms with Gasteiger partial charge in [-0.15, -0.1) is 0 Å². The van der Waals surface area contributed by atoms with Crippen LogP contribution in [-0.4, -0.2) is 35.9 Å². The van der Waals surface area contributed by atoms with Gasteiger partial charge < -0.3 is 15.0 Å². The molecule has 26 heavy (non-hydrogen) atoms. The summed E-state index contributed by atoms with van der Waals surface area (Å²) >= 11 is 0. The molecule has 2 aromatic carbocycles.